The topological polar surface area (TPSA) is 77.1 Å². The normalized spacial score (nSPS) is 17.9. The summed E-state index contributed by atoms with van der Waals surface area (Å²) in [5.74, 6) is 0.244. The van der Waals surface area contributed by atoms with Gasteiger partial charge in [-0.25, -0.2) is 0 Å². The van der Waals surface area contributed by atoms with E-state index < -0.39 is 6.35 Å². The molecule has 1 fully saturated rings. The lowest BCUT2D eigenvalue weighted by atomic mass is 10.0. The predicted molar refractivity (Wildman–Crippen MR) is 117 cm³/mol. The fourth-order valence-electron chi connectivity index (χ4n) is 2.84. The van der Waals surface area contributed by atoms with E-state index in [1.54, 1.807) is 6.08 Å². The SMILES string of the molecule is CCCCC(CC)COC(=O)CC.COC1N/C(=C/c2ccccc2)C(=O)N1OC. The van der Waals surface area contributed by atoms with Gasteiger partial charge in [-0.2, -0.15) is 5.06 Å². The lowest BCUT2D eigenvalue weighted by molar-refractivity contribution is -0.215. The Kier molecular flexibility index (Phi) is 12.5. The molecule has 1 saturated heterocycles. The van der Waals surface area contributed by atoms with E-state index in [9.17, 15) is 9.59 Å². The Labute approximate surface area is 180 Å². The second-order valence-corrected chi connectivity index (χ2v) is 6.97. The molecule has 0 aromatic heterocycles. The Bertz CT molecular complexity index is 663. The number of rotatable bonds is 10. The van der Waals surface area contributed by atoms with Crippen LogP contribution in [0.3, 0.4) is 0 Å². The average Bonchev–Trinajstić information content (AvgIpc) is 3.09. The third kappa shape index (κ3) is 8.55. The van der Waals surface area contributed by atoms with Crippen LogP contribution in [-0.4, -0.2) is 44.1 Å². The van der Waals surface area contributed by atoms with E-state index in [0.717, 1.165) is 17.0 Å². The molecular weight excluding hydrogens is 384 g/mol. The summed E-state index contributed by atoms with van der Waals surface area (Å²) in [4.78, 5) is 27.7. The third-order valence-electron chi connectivity index (χ3n) is 4.77. The molecule has 0 aliphatic carbocycles. The van der Waals surface area contributed by atoms with Gasteiger partial charge in [-0.15, -0.1) is 0 Å². The van der Waals surface area contributed by atoms with Gasteiger partial charge in [0.2, 0.25) is 6.35 Å². The minimum absolute atomic E-state index is 0.0741. The molecule has 0 bridgehead atoms. The van der Waals surface area contributed by atoms with Crippen molar-refractivity contribution in [3.63, 3.8) is 0 Å². The highest BCUT2D eigenvalue weighted by atomic mass is 16.7. The van der Waals surface area contributed by atoms with Crippen molar-refractivity contribution in [3.8, 4) is 0 Å². The van der Waals surface area contributed by atoms with E-state index in [2.05, 4.69) is 19.2 Å². The van der Waals surface area contributed by atoms with Gasteiger partial charge in [0.25, 0.3) is 5.91 Å². The molecule has 2 atom stereocenters. The molecule has 1 aliphatic heterocycles. The quantitative estimate of drug-likeness (QED) is 0.453. The van der Waals surface area contributed by atoms with Crippen LogP contribution in [0.25, 0.3) is 6.08 Å². The molecule has 2 rings (SSSR count). The molecule has 7 nitrogen and oxygen atoms in total. The van der Waals surface area contributed by atoms with Gasteiger partial charge < -0.3 is 14.8 Å². The first-order valence-electron chi connectivity index (χ1n) is 10.6. The first-order chi connectivity index (χ1) is 14.5. The molecule has 7 heteroatoms. The zero-order valence-corrected chi connectivity index (χ0v) is 18.8. The second-order valence-electron chi connectivity index (χ2n) is 6.97. The maximum Gasteiger partial charge on any atom is 0.305 e. The number of unbranched alkanes of at least 4 members (excludes halogenated alkanes) is 1. The van der Waals surface area contributed by atoms with E-state index in [0.29, 0.717) is 24.6 Å². The molecule has 1 aliphatic rings. The van der Waals surface area contributed by atoms with E-state index in [-0.39, 0.29) is 11.9 Å². The predicted octanol–water partition coefficient (Wildman–Crippen LogP) is 4.11. The molecule has 1 heterocycles. The summed E-state index contributed by atoms with van der Waals surface area (Å²) < 4.78 is 10.2. The Morgan fingerprint density at radius 3 is 2.40 bits per heavy atom. The van der Waals surface area contributed by atoms with Crippen LogP contribution < -0.4 is 5.32 Å². The highest BCUT2D eigenvalue weighted by Crippen LogP contribution is 2.17. The molecule has 30 heavy (non-hydrogen) atoms. The number of nitrogens with zero attached hydrogens (tertiary/aromatic N) is 1. The highest BCUT2D eigenvalue weighted by molar-refractivity contribution is 5.98. The van der Waals surface area contributed by atoms with E-state index in [1.807, 2.05) is 37.3 Å². The van der Waals surface area contributed by atoms with Gasteiger partial charge in [0.05, 0.1) is 13.7 Å². The molecule has 1 amide bonds. The molecule has 2 unspecified atom stereocenters. The van der Waals surface area contributed by atoms with Gasteiger partial charge >= 0.3 is 5.97 Å². The van der Waals surface area contributed by atoms with E-state index in [1.165, 1.54) is 33.5 Å². The number of hydrogen-bond donors (Lipinski definition) is 1. The zero-order chi connectivity index (χ0) is 22.4. The molecule has 0 spiro atoms. The smallest absolute Gasteiger partial charge is 0.305 e. The van der Waals surface area contributed by atoms with Crippen molar-refractivity contribution in [2.75, 3.05) is 20.8 Å². The van der Waals surface area contributed by atoms with Crippen molar-refractivity contribution < 1.29 is 23.9 Å². The number of nitrogens with one attached hydrogen (secondary N) is 1. The Morgan fingerprint density at radius 2 is 1.90 bits per heavy atom. The van der Waals surface area contributed by atoms with Crippen LogP contribution >= 0.6 is 0 Å². The van der Waals surface area contributed by atoms with E-state index >= 15 is 0 Å². The van der Waals surface area contributed by atoms with Gasteiger partial charge in [-0.3, -0.25) is 14.4 Å². The highest BCUT2D eigenvalue weighted by Gasteiger charge is 2.35. The van der Waals surface area contributed by atoms with Crippen molar-refractivity contribution in [1.82, 2.24) is 10.4 Å². The van der Waals surface area contributed by atoms with E-state index in [4.69, 9.17) is 14.3 Å². The summed E-state index contributed by atoms with van der Waals surface area (Å²) in [6.07, 6.45) is 6.42. The number of carbonyl (C=O) groups is 2. The monoisotopic (exact) mass is 420 g/mol. The zero-order valence-electron chi connectivity index (χ0n) is 18.8. The maximum atomic E-state index is 11.9. The first-order valence-corrected chi connectivity index (χ1v) is 10.6. The number of hydrogen-bond acceptors (Lipinski definition) is 6. The summed E-state index contributed by atoms with van der Waals surface area (Å²) >= 11 is 0. The number of ether oxygens (including phenoxy) is 2. The molecule has 1 aromatic carbocycles. The van der Waals surface area contributed by atoms with Crippen LogP contribution in [0.2, 0.25) is 0 Å². The number of carbonyl (C=O) groups excluding carboxylic acids is 2. The lowest BCUT2D eigenvalue weighted by Crippen LogP contribution is -2.37. The molecule has 1 aromatic rings. The van der Waals surface area contributed by atoms with Gasteiger partial charge in [-0.05, 0) is 24.0 Å². The number of methoxy groups -OCH3 is 1. The summed E-state index contributed by atoms with van der Waals surface area (Å²) in [7, 11) is 2.93. The third-order valence-corrected chi connectivity index (χ3v) is 4.77. The fraction of sp³-hybridized carbons (Fsp3) is 0.565. The standard InChI is InChI=1S/C12H14N2O3.C11H22O2/c1-16-12-13-10(11(15)14(12)17-2)8-9-6-4-3-5-7-9;1-4-7-8-10(5-2)9-13-11(12)6-3/h3-8,12-13H,1-2H3;10H,4-9H2,1-3H3/b10-8+;. The number of amides is 1. The summed E-state index contributed by atoms with van der Waals surface area (Å²) in [5.41, 5.74) is 1.39. The lowest BCUT2D eigenvalue weighted by Gasteiger charge is -2.18. The molecule has 0 radical (unpaired) electrons. The van der Waals surface area contributed by atoms with Crippen LogP contribution in [0.4, 0.5) is 0 Å². The number of esters is 1. The van der Waals surface area contributed by atoms with Crippen LogP contribution in [0, 0.1) is 5.92 Å². The van der Waals surface area contributed by atoms with Crippen molar-refractivity contribution in [2.45, 2.75) is 59.2 Å². The second kappa shape index (κ2) is 14.6. The number of benzene rings is 1. The minimum atomic E-state index is -0.581. The van der Waals surface area contributed by atoms with Crippen molar-refractivity contribution in [1.29, 1.82) is 0 Å². The van der Waals surface area contributed by atoms with Crippen molar-refractivity contribution >= 4 is 18.0 Å². The summed E-state index contributed by atoms with van der Waals surface area (Å²) in [6, 6.07) is 9.57. The van der Waals surface area contributed by atoms with Gasteiger partial charge in [-0.1, -0.05) is 70.4 Å². The molecule has 168 valence electrons. The Balaban J connectivity index is 0.000000314. The van der Waals surface area contributed by atoms with Crippen molar-refractivity contribution in [2.24, 2.45) is 5.92 Å². The molecular formula is C23H36N2O5. The van der Waals surface area contributed by atoms with Gasteiger partial charge in [0, 0.05) is 13.5 Å². The Morgan fingerprint density at radius 1 is 1.20 bits per heavy atom. The first kappa shape index (κ1) is 25.7. The largest absolute Gasteiger partial charge is 0.465 e. The van der Waals surface area contributed by atoms with Gasteiger partial charge in [0.15, 0.2) is 0 Å². The Hall–Kier alpha value is -2.38. The van der Waals surface area contributed by atoms with Crippen molar-refractivity contribution in [3.05, 3.63) is 41.6 Å². The van der Waals surface area contributed by atoms with Gasteiger partial charge in [0.1, 0.15) is 5.70 Å². The number of hydroxylamine groups is 2. The minimum Gasteiger partial charge on any atom is -0.465 e. The summed E-state index contributed by atoms with van der Waals surface area (Å²) in [6.45, 7) is 6.78. The average molecular weight is 421 g/mol. The van der Waals surface area contributed by atoms with Crippen LogP contribution in [0.15, 0.2) is 36.0 Å². The van der Waals surface area contributed by atoms with Crippen LogP contribution in [0.1, 0.15) is 58.4 Å². The van der Waals surface area contributed by atoms with Crippen LogP contribution in [0.5, 0.6) is 0 Å². The van der Waals surface area contributed by atoms with Crippen LogP contribution in [-0.2, 0) is 23.9 Å². The molecule has 1 N–H and O–H groups in total. The summed E-state index contributed by atoms with van der Waals surface area (Å²) in [5, 5.41) is 4.08. The molecule has 0 saturated carbocycles. The fourth-order valence-corrected chi connectivity index (χ4v) is 2.84. The maximum absolute atomic E-state index is 11.9.